The standard InChI is InChI=1S/C30H38N6O2S/c1-31-29-25-12-16-36(30(25)35-20-34-29)26-18-22(27(37)28(26)38)19-33-14-6-13-32-15-11-21-7-5-10-24(17-21)39-23-8-3-2-4-9-23/h2-5,7-10,12,16-17,20,22,26-28,32-33,37-38H,6,11,13-15,18-19H2,1H3,(H,31,34,35)/t22-,26-,27-,28+/m1/s1. The van der Waals surface area contributed by atoms with Crippen molar-refractivity contribution in [3.63, 3.8) is 0 Å². The van der Waals surface area contributed by atoms with Crippen LogP contribution in [0, 0.1) is 5.92 Å². The van der Waals surface area contributed by atoms with E-state index >= 15 is 0 Å². The Morgan fingerprint density at radius 2 is 1.74 bits per heavy atom. The predicted octanol–water partition coefficient (Wildman–Crippen LogP) is 3.72. The van der Waals surface area contributed by atoms with Crippen molar-refractivity contribution in [3.05, 3.63) is 78.8 Å². The topological polar surface area (TPSA) is 107 Å². The van der Waals surface area contributed by atoms with Crippen LogP contribution in [0.25, 0.3) is 11.0 Å². The molecule has 2 aromatic heterocycles. The van der Waals surface area contributed by atoms with Crippen molar-refractivity contribution in [3.8, 4) is 0 Å². The normalized spacial score (nSPS) is 21.0. The van der Waals surface area contributed by atoms with Crippen LogP contribution in [-0.4, -0.2) is 70.2 Å². The molecule has 39 heavy (non-hydrogen) atoms. The van der Waals surface area contributed by atoms with E-state index in [9.17, 15) is 10.2 Å². The van der Waals surface area contributed by atoms with Crippen LogP contribution in [0.3, 0.4) is 0 Å². The molecule has 0 radical (unpaired) electrons. The molecule has 1 saturated carbocycles. The summed E-state index contributed by atoms with van der Waals surface area (Å²) in [5.41, 5.74) is 2.11. The van der Waals surface area contributed by atoms with E-state index in [1.165, 1.54) is 21.7 Å². The third kappa shape index (κ3) is 6.80. The second kappa shape index (κ2) is 13.4. The molecule has 206 valence electrons. The van der Waals surface area contributed by atoms with Crippen molar-refractivity contribution in [1.29, 1.82) is 0 Å². The number of hydrogen-bond donors (Lipinski definition) is 5. The number of aromatic nitrogens is 3. The number of benzene rings is 2. The molecular formula is C30H38N6O2S. The Balaban J connectivity index is 1.00. The summed E-state index contributed by atoms with van der Waals surface area (Å²) in [4.78, 5) is 11.2. The van der Waals surface area contributed by atoms with Gasteiger partial charge in [-0.05, 0) is 74.8 Å². The van der Waals surface area contributed by atoms with Gasteiger partial charge in [0.05, 0.1) is 17.5 Å². The molecule has 1 aliphatic carbocycles. The van der Waals surface area contributed by atoms with Crippen molar-refractivity contribution in [1.82, 2.24) is 25.2 Å². The summed E-state index contributed by atoms with van der Waals surface area (Å²) in [6.07, 6.45) is 4.56. The van der Waals surface area contributed by atoms with Gasteiger partial charge in [-0.2, -0.15) is 0 Å². The van der Waals surface area contributed by atoms with Crippen molar-refractivity contribution in [2.24, 2.45) is 5.92 Å². The fraction of sp³-hybridized carbons (Fsp3) is 0.400. The highest BCUT2D eigenvalue weighted by molar-refractivity contribution is 7.99. The summed E-state index contributed by atoms with van der Waals surface area (Å²) in [6.45, 7) is 3.42. The minimum atomic E-state index is -0.827. The number of rotatable bonds is 13. The van der Waals surface area contributed by atoms with E-state index in [1.54, 1.807) is 11.8 Å². The van der Waals surface area contributed by atoms with Gasteiger partial charge < -0.3 is 30.7 Å². The fourth-order valence-corrected chi connectivity index (χ4v) is 6.31. The molecule has 1 aliphatic rings. The van der Waals surface area contributed by atoms with E-state index < -0.39 is 12.2 Å². The summed E-state index contributed by atoms with van der Waals surface area (Å²) in [5, 5.41) is 32.5. The maximum atomic E-state index is 10.8. The van der Waals surface area contributed by atoms with E-state index in [1.807, 2.05) is 29.9 Å². The molecular weight excluding hydrogens is 508 g/mol. The first-order valence-corrected chi connectivity index (χ1v) is 14.5. The predicted molar refractivity (Wildman–Crippen MR) is 157 cm³/mol. The number of hydrogen-bond acceptors (Lipinski definition) is 8. The largest absolute Gasteiger partial charge is 0.390 e. The van der Waals surface area contributed by atoms with Gasteiger partial charge in [-0.1, -0.05) is 42.1 Å². The number of fused-ring (bicyclic) bond motifs is 1. The lowest BCUT2D eigenvalue weighted by molar-refractivity contribution is 0.00694. The van der Waals surface area contributed by atoms with E-state index in [0.717, 1.165) is 49.3 Å². The summed E-state index contributed by atoms with van der Waals surface area (Å²) >= 11 is 1.79. The number of anilines is 1. The first-order chi connectivity index (χ1) is 19.1. The van der Waals surface area contributed by atoms with Gasteiger partial charge in [-0.3, -0.25) is 0 Å². The third-order valence-corrected chi connectivity index (χ3v) is 8.45. The van der Waals surface area contributed by atoms with Crippen molar-refractivity contribution in [2.45, 2.75) is 47.3 Å². The average molecular weight is 547 g/mol. The van der Waals surface area contributed by atoms with Gasteiger partial charge in [0, 0.05) is 35.5 Å². The van der Waals surface area contributed by atoms with Crippen molar-refractivity contribution >= 4 is 28.6 Å². The minimum absolute atomic E-state index is 0.0120. The van der Waals surface area contributed by atoms with Crippen LogP contribution in [0.4, 0.5) is 5.82 Å². The summed E-state index contributed by atoms with van der Waals surface area (Å²) in [7, 11) is 1.83. The molecule has 0 amide bonds. The second-order valence-corrected chi connectivity index (χ2v) is 11.2. The Morgan fingerprint density at radius 3 is 2.59 bits per heavy atom. The van der Waals surface area contributed by atoms with Gasteiger partial charge in [0.25, 0.3) is 0 Å². The Morgan fingerprint density at radius 1 is 0.923 bits per heavy atom. The number of nitrogens with zero attached hydrogens (tertiary/aromatic N) is 3. The lowest BCUT2D eigenvalue weighted by Gasteiger charge is -2.19. The Hall–Kier alpha value is -2.95. The lowest BCUT2D eigenvalue weighted by Crippen LogP contribution is -2.34. The Labute approximate surface area is 234 Å². The zero-order chi connectivity index (χ0) is 27.0. The fourth-order valence-electron chi connectivity index (χ4n) is 5.39. The minimum Gasteiger partial charge on any atom is -0.390 e. The maximum Gasteiger partial charge on any atom is 0.145 e. The molecule has 5 rings (SSSR count). The number of aliphatic hydroxyl groups is 2. The highest BCUT2D eigenvalue weighted by Gasteiger charge is 2.42. The van der Waals surface area contributed by atoms with Crippen LogP contribution in [0.15, 0.2) is 83.0 Å². The molecule has 5 N–H and O–H groups in total. The van der Waals surface area contributed by atoms with Gasteiger partial charge in [-0.25, -0.2) is 9.97 Å². The Bertz CT molecular complexity index is 1330. The first kappa shape index (κ1) is 27.6. The maximum absolute atomic E-state index is 10.8. The van der Waals surface area contributed by atoms with Crippen LogP contribution in [-0.2, 0) is 6.42 Å². The van der Waals surface area contributed by atoms with Crippen LogP contribution in [0.5, 0.6) is 0 Å². The molecule has 0 spiro atoms. The third-order valence-electron chi connectivity index (χ3n) is 7.46. The summed E-state index contributed by atoms with van der Waals surface area (Å²) in [5.74, 6) is 0.747. The summed E-state index contributed by atoms with van der Waals surface area (Å²) in [6, 6.07) is 21.0. The first-order valence-electron chi connectivity index (χ1n) is 13.7. The van der Waals surface area contributed by atoms with Crippen molar-refractivity contribution in [2.75, 3.05) is 38.5 Å². The quantitative estimate of drug-likeness (QED) is 0.162. The van der Waals surface area contributed by atoms with E-state index in [0.29, 0.717) is 13.0 Å². The van der Waals surface area contributed by atoms with Gasteiger partial charge in [0.15, 0.2) is 0 Å². The molecule has 0 bridgehead atoms. The van der Waals surface area contributed by atoms with Gasteiger partial charge in [-0.15, -0.1) is 0 Å². The summed E-state index contributed by atoms with van der Waals surface area (Å²) < 4.78 is 1.98. The highest BCUT2D eigenvalue weighted by atomic mass is 32.2. The molecule has 8 nitrogen and oxygen atoms in total. The zero-order valence-electron chi connectivity index (χ0n) is 22.3. The molecule has 4 atom stereocenters. The SMILES string of the molecule is CNc1ncnc2c1ccn2[C@@H]1C[C@H](CNCCCNCCc2cccc(Sc3ccccc3)c2)[C@@H](O)[C@H]1O. The molecule has 0 unspecified atom stereocenters. The van der Waals surface area contributed by atoms with Crippen molar-refractivity contribution < 1.29 is 10.2 Å². The van der Waals surface area contributed by atoms with E-state index in [4.69, 9.17) is 0 Å². The molecule has 0 saturated heterocycles. The van der Waals surface area contributed by atoms with Crippen LogP contribution < -0.4 is 16.0 Å². The van der Waals surface area contributed by atoms with E-state index in [2.05, 4.69) is 74.4 Å². The monoisotopic (exact) mass is 546 g/mol. The van der Waals surface area contributed by atoms with Gasteiger partial charge in [0.1, 0.15) is 23.9 Å². The zero-order valence-corrected chi connectivity index (χ0v) is 23.1. The molecule has 0 aliphatic heterocycles. The molecule has 1 fully saturated rings. The van der Waals surface area contributed by atoms with Crippen LogP contribution in [0.2, 0.25) is 0 Å². The average Bonchev–Trinajstić information content (AvgIpc) is 3.51. The van der Waals surface area contributed by atoms with Crippen LogP contribution >= 0.6 is 11.8 Å². The molecule has 4 aromatic rings. The van der Waals surface area contributed by atoms with Gasteiger partial charge >= 0.3 is 0 Å². The molecule has 2 heterocycles. The number of aliphatic hydroxyl groups excluding tert-OH is 2. The Kier molecular flexibility index (Phi) is 9.49. The van der Waals surface area contributed by atoms with Crippen LogP contribution in [0.1, 0.15) is 24.4 Å². The lowest BCUT2D eigenvalue weighted by atomic mass is 10.1. The highest BCUT2D eigenvalue weighted by Crippen LogP contribution is 2.37. The van der Waals surface area contributed by atoms with Gasteiger partial charge in [0.2, 0.25) is 0 Å². The smallest absolute Gasteiger partial charge is 0.145 e. The second-order valence-electron chi connectivity index (χ2n) is 10.1. The molecule has 2 aromatic carbocycles. The van der Waals surface area contributed by atoms with E-state index in [-0.39, 0.29) is 12.0 Å². The number of nitrogens with one attached hydrogen (secondary N) is 3. The molecule has 9 heteroatoms.